The van der Waals surface area contributed by atoms with Crippen LogP contribution in [-0.4, -0.2) is 17.7 Å². The maximum absolute atomic E-state index is 13.8. The van der Waals surface area contributed by atoms with Gasteiger partial charge in [-0.3, -0.25) is 4.79 Å². The second kappa shape index (κ2) is 11.6. The molecule has 0 atom stereocenters. The number of benzene rings is 4. The van der Waals surface area contributed by atoms with Gasteiger partial charge in [-0.1, -0.05) is 36.4 Å². The zero-order chi connectivity index (χ0) is 25.8. The third kappa shape index (κ3) is 6.03. The maximum atomic E-state index is 13.8. The van der Waals surface area contributed by atoms with Crippen LogP contribution >= 0.6 is 63.7 Å². The van der Waals surface area contributed by atoms with Crippen LogP contribution in [-0.2, 0) is 0 Å². The summed E-state index contributed by atoms with van der Waals surface area (Å²) in [6, 6.07) is 23.0. The molecular weight excluding hydrogens is 724 g/mol. The first-order valence-electron chi connectivity index (χ1n) is 10.3. The van der Waals surface area contributed by atoms with Gasteiger partial charge in [0, 0.05) is 17.9 Å². The molecule has 0 N–H and O–H groups in total. The maximum Gasteiger partial charge on any atom is 0.343 e. The van der Waals surface area contributed by atoms with Crippen molar-refractivity contribution in [1.29, 1.82) is 0 Å². The third-order valence-corrected chi connectivity index (χ3v) is 8.65. The Balaban J connectivity index is 1.76. The van der Waals surface area contributed by atoms with Crippen molar-refractivity contribution >= 4 is 81.4 Å². The minimum Gasteiger partial charge on any atom is -0.422 e. The van der Waals surface area contributed by atoms with Crippen LogP contribution in [0.3, 0.4) is 0 Å². The highest BCUT2D eigenvalue weighted by Crippen LogP contribution is 2.37. The number of rotatable bonds is 6. The van der Waals surface area contributed by atoms with Crippen LogP contribution in [0.4, 0.5) is 0 Å². The van der Waals surface area contributed by atoms with Crippen molar-refractivity contribution in [2.45, 2.75) is 0 Å². The molecule has 5 nitrogen and oxygen atoms in total. The van der Waals surface area contributed by atoms with Crippen molar-refractivity contribution < 1.29 is 23.9 Å². The van der Waals surface area contributed by atoms with E-state index in [0.29, 0.717) is 29.0 Å². The molecule has 0 spiro atoms. The Morgan fingerprint density at radius 3 is 1.19 bits per heavy atom. The summed E-state index contributed by atoms with van der Waals surface area (Å²) in [6.07, 6.45) is 0. The van der Waals surface area contributed by atoms with Crippen LogP contribution in [0.15, 0.2) is 103 Å². The SMILES string of the molecule is O=C(Oc1cc(Br)c(Br)cc1C(=O)c1cc(Br)c(Br)cc1OC(=O)c1ccccc1)c1ccccc1. The molecule has 0 unspecified atom stereocenters. The number of ether oxygens (including phenoxy) is 2. The minimum absolute atomic E-state index is 0.0447. The lowest BCUT2D eigenvalue weighted by molar-refractivity contribution is 0.0725. The molecule has 180 valence electrons. The van der Waals surface area contributed by atoms with Gasteiger partial charge < -0.3 is 9.47 Å². The van der Waals surface area contributed by atoms with Gasteiger partial charge in [0.2, 0.25) is 5.78 Å². The highest BCUT2D eigenvalue weighted by molar-refractivity contribution is 9.13. The summed E-state index contributed by atoms with van der Waals surface area (Å²) in [6.45, 7) is 0. The Morgan fingerprint density at radius 1 is 0.500 bits per heavy atom. The lowest BCUT2D eigenvalue weighted by atomic mass is 10.0. The lowest BCUT2D eigenvalue weighted by Crippen LogP contribution is -2.15. The van der Waals surface area contributed by atoms with Crippen molar-refractivity contribution in [1.82, 2.24) is 0 Å². The van der Waals surface area contributed by atoms with Crippen LogP contribution in [0.25, 0.3) is 0 Å². The van der Waals surface area contributed by atoms with E-state index >= 15 is 0 Å². The Kier molecular flexibility index (Phi) is 8.56. The third-order valence-electron chi connectivity index (χ3n) is 4.96. The molecule has 0 bridgehead atoms. The average molecular weight is 738 g/mol. The van der Waals surface area contributed by atoms with Gasteiger partial charge in [-0.05, 0) is 112 Å². The van der Waals surface area contributed by atoms with Crippen LogP contribution < -0.4 is 9.47 Å². The van der Waals surface area contributed by atoms with E-state index < -0.39 is 17.7 Å². The highest BCUT2D eigenvalue weighted by atomic mass is 79.9. The first-order chi connectivity index (χ1) is 17.2. The van der Waals surface area contributed by atoms with Gasteiger partial charge in [-0.25, -0.2) is 9.59 Å². The van der Waals surface area contributed by atoms with Crippen molar-refractivity contribution in [2.75, 3.05) is 0 Å². The normalized spacial score (nSPS) is 10.6. The van der Waals surface area contributed by atoms with E-state index in [-0.39, 0.29) is 22.6 Å². The predicted molar refractivity (Wildman–Crippen MR) is 150 cm³/mol. The largest absolute Gasteiger partial charge is 0.422 e. The summed E-state index contributed by atoms with van der Waals surface area (Å²) in [5, 5.41) is 0. The van der Waals surface area contributed by atoms with Gasteiger partial charge in [0.1, 0.15) is 11.5 Å². The molecule has 0 fully saturated rings. The number of ketones is 1. The predicted octanol–water partition coefficient (Wildman–Crippen LogP) is 8.41. The van der Waals surface area contributed by atoms with Gasteiger partial charge in [0.05, 0.1) is 22.3 Å². The van der Waals surface area contributed by atoms with E-state index in [2.05, 4.69) is 63.7 Å². The summed E-state index contributed by atoms with van der Waals surface area (Å²) in [5.74, 6) is -1.66. The quantitative estimate of drug-likeness (QED) is 0.113. The molecule has 0 radical (unpaired) electrons. The van der Waals surface area contributed by atoms with Crippen LogP contribution in [0, 0.1) is 0 Å². The van der Waals surface area contributed by atoms with Gasteiger partial charge in [-0.15, -0.1) is 0 Å². The van der Waals surface area contributed by atoms with Crippen molar-refractivity contribution in [3.05, 3.63) is 125 Å². The van der Waals surface area contributed by atoms with Gasteiger partial charge in [0.25, 0.3) is 0 Å². The molecule has 4 rings (SSSR count). The van der Waals surface area contributed by atoms with Gasteiger partial charge in [0.15, 0.2) is 0 Å². The van der Waals surface area contributed by atoms with Crippen molar-refractivity contribution in [2.24, 2.45) is 0 Å². The molecular formula is C27H14Br4O5. The number of hydrogen-bond donors (Lipinski definition) is 0. The van der Waals surface area contributed by atoms with E-state index in [1.54, 1.807) is 72.8 Å². The van der Waals surface area contributed by atoms with E-state index in [1.807, 2.05) is 0 Å². The smallest absolute Gasteiger partial charge is 0.343 e. The monoisotopic (exact) mass is 734 g/mol. The van der Waals surface area contributed by atoms with Crippen LogP contribution in [0.2, 0.25) is 0 Å². The first-order valence-corrected chi connectivity index (χ1v) is 13.5. The van der Waals surface area contributed by atoms with Crippen LogP contribution in [0.1, 0.15) is 36.6 Å². The summed E-state index contributed by atoms with van der Waals surface area (Å²) < 4.78 is 13.5. The molecule has 36 heavy (non-hydrogen) atoms. The fraction of sp³-hybridized carbons (Fsp3) is 0. The van der Waals surface area contributed by atoms with Gasteiger partial charge in [-0.2, -0.15) is 0 Å². The molecule has 0 aliphatic carbocycles. The van der Waals surface area contributed by atoms with Crippen molar-refractivity contribution in [3.8, 4) is 11.5 Å². The molecule has 9 heteroatoms. The lowest BCUT2D eigenvalue weighted by Gasteiger charge is -2.15. The van der Waals surface area contributed by atoms with Gasteiger partial charge >= 0.3 is 11.9 Å². The summed E-state index contributed by atoms with van der Waals surface area (Å²) in [4.78, 5) is 39.3. The summed E-state index contributed by atoms with van der Waals surface area (Å²) in [5.41, 5.74) is 0.860. The fourth-order valence-electron chi connectivity index (χ4n) is 3.19. The number of carbonyl (C=O) groups is 3. The van der Waals surface area contributed by atoms with E-state index in [1.165, 1.54) is 12.1 Å². The standard InChI is InChI=1S/C27H14Br4O5/c28-19-11-17(23(13-21(19)30)35-26(33)15-7-3-1-4-8-15)25(32)18-12-20(29)22(31)14-24(18)36-27(34)16-9-5-2-6-10-16/h1-14H. The minimum atomic E-state index is -0.619. The zero-order valence-electron chi connectivity index (χ0n) is 18.1. The molecule has 0 aromatic heterocycles. The fourth-order valence-corrected chi connectivity index (χ4v) is 4.52. The Hall–Kier alpha value is -2.59. The highest BCUT2D eigenvalue weighted by Gasteiger charge is 2.25. The molecule has 0 aliphatic rings. The number of hydrogen-bond acceptors (Lipinski definition) is 5. The van der Waals surface area contributed by atoms with Crippen molar-refractivity contribution in [3.63, 3.8) is 0 Å². The molecule has 0 heterocycles. The average Bonchev–Trinajstić information content (AvgIpc) is 2.88. The second-order valence-corrected chi connectivity index (χ2v) is 10.8. The number of carbonyl (C=O) groups excluding carboxylic acids is 3. The van der Waals surface area contributed by atoms with Crippen LogP contribution in [0.5, 0.6) is 11.5 Å². The van der Waals surface area contributed by atoms with E-state index in [4.69, 9.17) is 9.47 Å². The van der Waals surface area contributed by atoms with E-state index in [9.17, 15) is 14.4 Å². The molecule has 0 saturated carbocycles. The molecule has 0 saturated heterocycles. The molecule has 0 aliphatic heterocycles. The molecule has 4 aromatic rings. The summed E-state index contributed by atoms with van der Waals surface area (Å²) >= 11 is 13.6. The number of esters is 2. The molecule has 4 aromatic carbocycles. The number of halogens is 4. The Labute approximate surface area is 240 Å². The topological polar surface area (TPSA) is 69.7 Å². The zero-order valence-corrected chi connectivity index (χ0v) is 24.5. The molecule has 0 amide bonds. The Morgan fingerprint density at radius 2 is 0.833 bits per heavy atom. The first kappa shape index (κ1) is 26.5. The Bertz CT molecular complexity index is 1360. The van der Waals surface area contributed by atoms with E-state index in [0.717, 1.165) is 0 Å². The summed E-state index contributed by atoms with van der Waals surface area (Å²) in [7, 11) is 0. The second-order valence-electron chi connectivity index (χ2n) is 7.37.